The predicted molar refractivity (Wildman–Crippen MR) is 95.3 cm³/mol. The molecule has 8 heteroatoms. The molecule has 0 N–H and O–H groups in total. The van der Waals surface area contributed by atoms with Gasteiger partial charge in [-0.15, -0.1) is 0 Å². The zero-order valence-electron chi connectivity index (χ0n) is 15.1. The SMILES string of the molecule is COc1cc(N2Cc3ccnn3C(COCC3CCOCC3)C2)ncn1. The molecule has 140 valence electrons. The number of anilines is 1. The lowest BCUT2D eigenvalue weighted by Gasteiger charge is -2.34. The van der Waals surface area contributed by atoms with Crippen LogP contribution in [0.3, 0.4) is 0 Å². The number of methoxy groups -OCH3 is 1. The molecular formula is C18H25N5O3. The predicted octanol–water partition coefficient (Wildman–Crippen LogP) is 1.69. The molecular weight excluding hydrogens is 334 g/mol. The molecule has 2 aromatic rings. The fourth-order valence-electron chi connectivity index (χ4n) is 3.58. The van der Waals surface area contributed by atoms with Gasteiger partial charge < -0.3 is 19.1 Å². The fraction of sp³-hybridized carbons (Fsp3) is 0.611. The summed E-state index contributed by atoms with van der Waals surface area (Å²) in [7, 11) is 1.62. The Morgan fingerprint density at radius 3 is 2.96 bits per heavy atom. The molecule has 4 heterocycles. The highest BCUT2D eigenvalue weighted by Crippen LogP contribution is 2.26. The minimum absolute atomic E-state index is 0.162. The Balaban J connectivity index is 1.42. The summed E-state index contributed by atoms with van der Waals surface area (Å²) in [4.78, 5) is 10.7. The van der Waals surface area contributed by atoms with Crippen molar-refractivity contribution in [1.82, 2.24) is 19.7 Å². The summed E-state index contributed by atoms with van der Waals surface area (Å²) in [6.07, 6.45) is 5.57. The van der Waals surface area contributed by atoms with E-state index in [9.17, 15) is 0 Å². The van der Waals surface area contributed by atoms with Crippen molar-refractivity contribution in [3.05, 3.63) is 30.4 Å². The maximum absolute atomic E-state index is 6.07. The molecule has 1 fully saturated rings. The second-order valence-corrected chi connectivity index (χ2v) is 6.81. The van der Waals surface area contributed by atoms with Gasteiger partial charge in [-0.3, -0.25) is 4.68 Å². The lowest BCUT2D eigenvalue weighted by Crippen LogP contribution is -2.40. The topological polar surface area (TPSA) is 74.5 Å². The van der Waals surface area contributed by atoms with Crippen molar-refractivity contribution in [3.8, 4) is 5.88 Å². The van der Waals surface area contributed by atoms with Gasteiger partial charge in [0.15, 0.2) is 0 Å². The first-order chi connectivity index (χ1) is 12.8. The Hall–Kier alpha value is -2.19. The first kappa shape index (κ1) is 17.2. The van der Waals surface area contributed by atoms with Crippen LogP contribution in [0.5, 0.6) is 5.88 Å². The number of ether oxygens (including phenoxy) is 3. The van der Waals surface area contributed by atoms with E-state index in [1.54, 1.807) is 7.11 Å². The number of hydrogen-bond donors (Lipinski definition) is 0. The molecule has 0 aliphatic carbocycles. The first-order valence-electron chi connectivity index (χ1n) is 9.12. The summed E-state index contributed by atoms with van der Waals surface area (Å²) in [5.74, 6) is 2.03. The molecule has 0 spiro atoms. The molecule has 4 rings (SSSR count). The zero-order valence-corrected chi connectivity index (χ0v) is 15.1. The van der Waals surface area contributed by atoms with Crippen LogP contribution >= 0.6 is 0 Å². The molecule has 1 unspecified atom stereocenters. The molecule has 0 amide bonds. The van der Waals surface area contributed by atoms with E-state index in [-0.39, 0.29) is 6.04 Å². The Labute approximate surface area is 153 Å². The maximum atomic E-state index is 6.07. The van der Waals surface area contributed by atoms with Gasteiger partial charge in [-0.25, -0.2) is 9.97 Å². The summed E-state index contributed by atoms with van der Waals surface area (Å²) in [6, 6.07) is 4.08. The van der Waals surface area contributed by atoms with E-state index < -0.39 is 0 Å². The normalized spacial score (nSPS) is 20.8. The van der Waals surface area contributed by atoms with Crippen molar-refractivity contribution >= 4 is 5.82 Å². The Bertz CT molecular complexity index is 716. The Kier molecular flexibility index (Phi) is 5.31. The lowest BCUT2D eigenvalue weighted by molar-refractivity contribution is 0.0112. The van der Waals surface area contributed by atoms with Crippen molar-refractivity contribution in [2.24, 2.45) is 5.92 Å². The van der Waals surface area contributed by atoms with Crippen molar-refractivity contribution in [2.75, 3.05) is 45.0 Å². The van der Waals surface area contributed by atoms with Gasteiger partial charge in [-0.1, -0.05) is 0 Å². The third kappa shape index (κ3) is 3.81. The van der Waals surface area contributed by atoms with Crippen molar-refractivity contribution < 1.29 is 14.2 Å². The van der Waals surface area contributed by atoms with E-state index in [4.69, 9.17) is 14.2 Å². The number of aromatic nitrogens is 4. The molecule has 1 atom stereocenters. The lowest BCUT2D eigenvalue weighted by atomic mass is 10.0. The van der Waals surface area contributed by atoms with Crippen LogP contribution in [0.25, 0.3) is 0 Å². The van der Waals surface area contributed by atoms with Gasteiger partial charge in [0.1, 0.15) is 12.1 Å². The molecule has 2 aliphatic rings. The summed E-state index contributed by atoms with van der Waals surface area (Å²) < 4.78 is 18.8. The number of nitrogens with zero attached hydrogens (tertiary/aromatic N) is 5. The van der Waals surface area contributed by atoms with Crippen LogP contribution < -0.4 is 9.64 Å². The second-order valence-electron chi connectivity index (χ2n) is 6.81. The van der Waals surface area contributed by atoms with Crippen molar-refractivity contribution in [2.45, 2.75) is 25.4 Å². The average Bonchev–Trinajstić information content (AvgIpc) is 3.18. The van der Waals surface area contributed by atoms with Gasteiger partial charge in [0.25, 0.3) is 0 Å². The van der Waals surface area contributed by atoms with Gasteiger partial charge >= 0.3 is 0 Å². The van der Waals surface area contributed by atoms with Crippen LogP contribution in [0.1, 0.15) is 24.6 Å². The molecule has 0 bridgehead atoms. The number of fused-ring (bicyclic) bond motifs is 1. The van der Waals surface area contributed by atoms with Gasteiger partial charge in [0.2, 0.25) is 5.88 Å². The molecule has 8 nitrogen and oxygen atoms in total. The Morgan fingerprint density at radius 2 is 2.12 bits per heavy atom. The highest BCUT2D eigenvalue weighted by Gasteiger charge is 2.27. The van der Waals surface area contributed by atoms with E-state index in [0.717, 1.165) is 57.3 Å². The molecule has 26 heavy (non-hydrogen) atoms. The third-order valence-corrected chi connectivity index (χ3v) is 5.05. The number of hydrogen-bond acceptors (Lipinski definition) is 7. The highest BCUT2D eigenvalue weighted by atomic mass is 16.5. The zero-order chi connectivity index (χ0) is 17.8. The first-order valence-corrected chi connectivity index (χ1v) is 9.12. The van der Waals surface area contributed by atoms with E-state index in [0.29, 0.717) is 18.4 Å². The largest absolute Gasteiger partial charge is 0.481 e. The third-order valence-electron chi connectivity index (χ3n) is 5.05. The van der Waals surface area contributed by atoms with Crippen LogP contribution in [-0.4, -0.2) is 59.8 Å². The fourth-order valence-corrected chi connectivity index (χ4v) is 3.58. The highest BCUT2D eigenvalue weighted by molar-refractivity contribution is 5.42. The minimum atomic E-state index is 0.162. The van der Waals surface area contributed by atoms with E-state index >= 15 is 0 Å². The molecule has 0 saturated carbocycles. The average molecular weight is 359 g/mol. The Morgan fingerprint density at radius 1 is 1.23 bits per heavy atom. The summed E-state index contributed by atoms with van der Waals surface area (Å²) >= 11 is 0. The molecule has 2 aliphatic heterocycles. The van der Waals surface area contributed by atoms with E-state index in [2.05, 4.69) is 30.7 Å². The monoisotopic (exact) mass is 359 g/mol. The molecule has 0 aromatic carbocycles. The molecule has 2 aromatic heterocycles. The van der Waals surface area contributed by atoms with Crippen LogP contribution in [0, 0.1) is 5.92 Å². The van der Waals surface area contributed by atoms with E-state index in [1.165, 1.54) is 6.33 Å². The molecule has 1 saturated heterocycles. The van der Waals surface area contributed by atoms with Crippen molar-refractivity contribution in [1.29, 1.82) is 0 Å². The van der Waals surface area contributed by atoms with Crippen LogP contribution in [0.4, 0.5) is 5.82 Å². The second kappa shape index (κ2) is 8.01. The maximum Gasteiger partial charge on any atom is 0.218 e. The van der Waals surface area contributed by atoms with Crippen LogP contribution in [-0.2, 0) is 16.0 Å². The summed E-state index contributed by atoms with van der Waals surface area (Å²) in [6.45, 7) is 4.69. The molecule has 0 radical (unpaired) electrons. The quantitative estimate of drug-likeness (QED) is 0.777. The summed E-state index contributed by atoms with van der Waals surface area (Å²) in [5, 5.41) is 4.50. The van der Waals surface area contributed by atoms with Crippen molar-refractivity contribution in [3.63, 3.8) is 0 Å². The van der Waals surface area contributed by atoms with Crippen LogP contribution in [0.2, 0.25) is 0 Å². The number of rotatable bonds is 6. The summed E-state index contributed by atoms with van der Waals surface area (Å²) in [5.41, 5.74) is 1.16. The van der Waals surface area contributed by atoms with E-state index in [1.807, 2.05) is 12.3 Å². The van der Waals surface area contributed by atoms with Gasteiger partial charge in [-0.05, 0) is 24.8 Å². The smallest absolute Gasteiger partial charge is 0.218 e. The standard InChI is InChI=1S/C18H25N5O3/c1-24-18-8-17(19-13-20-18)22-9-15-2-5-21-23(15)16(10-22)12-26-11-14-3-6-25-7-4-14/h2,5,8,13-14,16H,3-4,6-7,9-12H2,1H3. The van der Waals surface area contributed by atoms with Gasteiger partial charge in [0.05, 0.1) is 32.0 Å². The minimum Gasteiger partial charge on any atom is -0.481 e. The van der Waals surface area contributed by atoms with Crippen LogP contribution in [0.15, 0.2) is 24.7 Å². The van der Waals surface area contributed by atoms with Gasteiger partial charge in [-0.2, -0.15) is 5.10 Å². The van der Waals surface area contributed by atoms with Gasteiger partial charge in [0, 0.05) is 38.6 Å².